The van der Waals surface area contributed by atoms with E-state index in [2.05, 4.69) is 5.32 Å². The third-order valence-corrected chi connectivity index (χ3v) is 3.11. The minimum atomic E-state index is -4.63. The molecule has 0 aliphatic carbocycles. The molecule has 0 amide bonds. The van der Waals surface area contributed by atoms with Gasteiger partial charge in [-0.15, -0.1) is 0 Å². The molecule has 0 aliphatic rings. The van der Waals surface area contributed by atoms with Gasteiger partial charge in [-0.1, -0.05) is 13.8 Å². The highest BCUT2D eigenvalue weighted by Gasteiger charge is 2.33. The van der Waals surface area contributed by atoms with Gasteiger partial charge < -0.3 is 10.4 Å². The molecule has 0 radical (unpaired) electrons. The maximum absolute atomic E-state index is 12.6. The maximum Gasteiger partial charge on any atom is 0.416 e. The second-order valence-corrected chi connectivity index (χ2v) is 4.99. The predicted molar refractivity (Wildman–Crippen MR) is 72.0 cm³/mol. The highest BCUT2D eigenvalue weighted by atomic mass is 19.4. The number of nitrogens with one attached hydrogen (secondary N) is 1. The van der Waals surface area contributed by atoms with Gasteiger partial charge in [0.15, 0.2) is 0 Å². The fraction of sp³-hybridized carbons (Fsp3) is 0.538. The summed E-state index contributed by atoms with van der Waals surface area (Å²) < 4.78 is 37.8. The first-order chi connectivity index (χ1) is 9.66. The number of alkyl halides is 3. The van der Waals surface area contributed by atoms with Crippen molar-refractivity contribution < 1.29 is 23.2 Å². The Labute approximate surface area is 119 Å². The summed E-state index contributed by atoms with van der Waals surface area (Å²) in [6.45, 7) is 3.58. The van der Waals surface area contributed by atoms with Gasteiger partial charge in [0.25, 0.3) is 5.69 Å². The van der Waals surface area contributed by atoms with Crippen LogP contribution in [-0.2, 0) is 6.18 Å². The molecule has 21 heavy (non-hydrogen) atoms. The average Bonchev–Trinajstić information content (AvgIpc) is 2.36. The number of aliphatic hydroxyl groups is 1. The molecule has 0 saturated heterocycles. The normalized spacial score (nSPS) is 13.3. The first kappa shape index (κ1) is 17.2. The fourth-order valence-corrected chi connectivity index (χ4v) is 1.89. The molecule has 1 aromatic carbocycles. The summed E-state index contributed by atoms with van der Waals surface area (Å²) in [6.07, 6.45) is -4.29. The Morgan fingerprint density at radius 2 is 2.00 bits per heavy atom. The maximum atomic E-state index is 12.6. The molecule has 0 aromatic heterocycles. The molecule has 0 spiro atoms. The average molecular weight is 306 g/mol. The number of benzene rings is 1. The first-order valence-electron chi connectivity index (χ1n) is 6.39. The minimum absolute atomic E-state index is 0.0140. The molecule has 0 fully saturated rings. The van der Waals surface area contributed by atoms with Crippen molar-refractivity contribution in [2.75, 3.05) is 11.9 Å². The van der Waals surface area contributed by atoms with Gasteiger partial charge in [-0.3, -0.25) is 10.1 Å². The van der Waals surface area contributed by atoms with E-state index in [1.165, 1.54) is 0 Å². The standard InChI is InChI=1S/C13H17F3N2O3/c1-8(2)10(5-6-19)17-11-4-3-9(13(14,15)16)7-12(11)18(20)21/h3-4,7-8,10,17,19H,5-6H2,1-2H3. The molecule has 5 nitrogen and oxygen atoms in total. The van der Waals surface area contributed by atoms with Crippen molar-refractivity contribution >= 4 is 11.4 Å². The largest absolute Gasteiger partial charge is 0.416 e. The third-order valence-electron chi connectivity index (χ3n) is 3.11. The fourth-order valence-electron chi connectivity index (χ4n) is 1.89. The quantitative estimate of drug-likeness (QED) is 0.623. The van der Waals surface area contributed by atoms with Gasteiger partial charge in [-0.25, -0.2) is 0 Å². The Morgan fingerprint density at radius 3 is 2.43 bits per heavy atom. The van der Waals surface area contributed by atoms with Crippen LogP contribution < -0.4 is 5.32 Å². The molecule has 118 valence electrons. The Hall–Kier alpha value is -1.83. The van der Waals surface area contributed by atoms with Crippen LogP contribution >= 0.6 is 0 Å². The smallest absolute Gasteiger partial charge is 0.396 e. The van der Waals surface area contributed by atoms with E-state index in [-0.39, 0.29) is 24.3 Å². The zero-order valence-corrected chi connectivity index (χ0v) is 11.6. The number of anilines is 1. The van der Waals surface area contributed by atoms with Gasteiger partial charge in [-0.2, -0.15) is 13.2 Å². The summed E-state index contributed by atoms with van der Waals surface area (Å²) in [7, 11) is 0. The first-order valence-corrected chi connectivity index (χ1v) is 6.39. The van der Waals surface area contributed by atoms with Crippen LogP contribution in [0.5, 0.6) is 0 Å². The van der Waals surface area contributed by atoms with E-state index in [4.69, 9.17) is 5.11 Å². The summed E-state index contributed by atoms with van der Waals surface area (Å²) in [6, 6.07) is 2.09. The van der Waals surface area contributed by atoms with Crippen LogP contribution in [0.25, 0.3) is 0 Å². The van der Waals surface area contributed by atoms with E-state index in [0.717, 1.165) is 12.1 Å². The molecule has 1 rings (SSSR count). The van der Waals surface area contributed by atoms with Crippen molar-refractivity contribution in [3.8, 4) is 0 Å². The van der Waals surface area contributed by atoms with Crippen molar-refractivity contribution in [2.24, 2.45) is 5.92 Å². The summed E-state index contributed by atoms with van der Waals surface area (Å²) >= 11 is 0. The lowest BCUT2D eigenvalue weighted by Crippen LogP contribution is -2.27. The Balaban J connectivity index is 3.15. The molecule has 1 aromatic rings. The number of nitrogens with zero attached hydrogens (tertiary/aromatic N) is 1. The number of nitro groups is 1. The lowest BCUT2D eigenvalue weighted by molar-refractivity contribution is -0.384. The van der Waals surface area contributed by atoms with Gasteiger partial charge in [-0.05, 0) is 24.5 Å². The van der Waals surface area contributed by atoms with E-state index in [9.17, 15) is 23.3 Å². The van der Waals surface area contributed by atoms with Crippen molar-refractivity contribution in [2.45, 2.75) is 32.5 Å². The monoisotopic (exact) mass is 306 g/mol. The van der Waals surface area contributed by atoms with Crippen LogP contribution in [0.2, 0.25) is 0 Å². The molecule has 8 heteroatoms. The van der Waals surface area contributed by atoms with Crippen molar-refractivity contribution in [1.29, 1.82) is 0 Å². The Morgan fingerprint density at radius 1 is 1.38 bits per heavy atom. The van der Waals surface area contributed by atoms with E-state index in [0.29, 0.717) is 12.5 Å². The molecule has 1 atom stereocenters. The molecule has 2 N–H and O–H groups in total. The topological polar surface area (TPSA) is 75.4 Å². The third kappa shape index (κ3) is 4.59. The number of nitro benzene ring substituents is 1. The number of hydrogen-bond donors (Lipinski definition) is 2. The Kier molecular flexibility index (Phi) is 5.54. The van der Waals surface area contributed by atoms with Crippen molar-refractivity contribution in [3.63, 3.8) is 0 Å². The van der Waals surface area contributed by atoms with Crippen molar-refractivity contribution in [1.82, 2.24) is 0 Å². The van der Waals surface area contributed by atoms with Gasteiger partial charge in [0.1, 0.15) is 5.69 Å². The van der Waals surface area contributed by atoms with Crippen LogP contribution in [0.1, 0.15) is 25.8 Å². The molecule has 0 saturated carbocycles. The Bertz CT molecular complexity index is 504. The van der Waals surface area contributed by atoms with Gasteiger partial charge >= 0.3 is 6.18 Å². The number of rotatable bonds is 6. The molecule has 0 heterocycles. The van der Waals surface area contributed by atoms with Crippen LogP contribution in [0, 0.1) is 16.0 Å². The molecule has 0 aliphatic heterocycles. The van der Waals surface area contributed by atoms with Gasteiger partial charge in [0.2, 0.25) is 0 Å². The SMILES string of the molecule is CC(C)C(CCO)Nc1ccc(C(F)(F)F)cc1[N+](=O)[O-]. The second kappa shape index (κ2) is 6.75. The van der Waals surface area contributed by atoms with Crippen LogP contribution in [0.4, 0.5) is 24.5 Å². The van der Waals surface area contributed by atoms with Gasteiger partial charge in [0.05, 0.1) is 10.5 Å². The van der Waals surface area contributed by atoms with E-state index < -0.39 is 22.4 Å². The molecule has 0 bridgehead atoms. The summed E-state index contributed by atoms with van der Waals surface area (Å²) in [5, 5.41) is 22.8. The highest BCUT2D eigenvalue weighted by molar-refractivity contribution is 5.63. The molecule has 1 unspecified atom stereocenters. The van der Waals surface area contributed by atoms with Gasteiger partial charge in [0, 0.05) is 18.7 Å². The van der Waals surface area contributed by atoms with E-state index >= 15 is 0 Å². The zero-order valence-electron chi connectivity index (χ0n) is 11.6. The second-order valence-electron chi connectivity index (χ2n) is 4.99. The zero-order chi connectivity index (χ0) is 16.2. The highest BCUT2D eigenvalue weighted by Crippen LogP contribution is 2.35. The summed E-state index contributed by atoms with van der Waals surface area (Å²) in [4.78, 5) is 10.1. The minimum Gasteiger partial charge on any atom is -0.396 e. The van der Waals surface area contributed by atoms with E-state index in [1.807, 2.05) is 13.8 Å². The predicted octanol–water partition coefficient (Wildman–Crippen LogP) is 3.43. The lowest BCUT2D eigenvalue weighted by atomic mass is 10.0. The molecular weight excluding hydrogens is 289 g/mol. The van der Waals surface area contributed by atoms with Crippen LogP contribution in [0.15, 0.2) is 18.2 Å². The number of aliphatic hydroxyl groups excluding tert-OH is 1. The van der Waals surface area contributed by atoms with Crippen LogP contribution in [0.3, 0.4) is 0 Å². The number of halogens is 3. The van der Waals surface area contributed by atoms with Crippen molar-refractivity contribution in [3.05, 3.63) is 33.9 Å². The van der Waals surface area contributed by atoms with E-state index in [1.54, 1.807) is 0 Å². The molecular formula is C13H17F3N2O3. The number of hydrogen-bond acceptors (Lipinski definition) is 4. The lowest BCUT2D eigenvalue weighted by Gasteiger charge is -2.22. The summed E-state index contributed by atoms with van der Waals surface area (Å²) in [5.74, 6) is 0.0547. The summed E-state index contributed by atoms with van der Waals surface area (Å²) in [5.41, 5.74) is -1.68. The van der Waals surface area contributed by atoms with Crippen LogP contribution in [-0.4, -0.2) is 22.7 Å².